The van der Waals surface area contributed by atoms with Crippen LogP contribution in [0.2, 0.25) is 0 Å². The summed E-state index contributed by atoms with van der Waals surface area (Å²) in [6.45, 7) is 8.58. The lowest BCUT2D eigenvalue weighted by molar-refractivity contribution is -0.387. The van der Waals surface area contributed by atoms with E-state index in [1.54, 1.807) is 4.90 Å². The van der Waals surface area contributed by atoms with Gasteiger partial charge in [0.05, 0.1) is 4.92 Å². The third kappa shape index (κ3) is 5.51. The van der Waals surface area contributed by atoms with Gasteiger partial charge in [-0.2, -0.15) is 4.39 Å². The molecule has 0 radical (unpaired) electrons. The van der Waals surface area contributed by atoms with Crippen molar-refractivity contribution in [3.8, 4) is 0 Å². The Kier molecular flexibility index (Phi) is 7.47. The standard InChI is InChI=1S/C17H24FN3O4/c1-5-20(6-2)17(23)14(9-11(3)4)19-16(22)12-7-8-13(18)15(10-12)21(24)25/h7-8,10-11,14H,5-6,9H2,1-4H3,(H,19,22)/t14-/m0/s1. The summed E-state index contributed by atoms with van der Waals surface area (Å²) < 4.78 is 13.4. The van der Waals surface area contributed by atoms with Gasteiger partial charge in [0.2, 0.25) is 11.7 Å². The molecule has 0 aliphatic carbocycles. The van der Waals surface area contributed by atoms with Crippen LogP contribution in [0.4, 0.5) is 10.1 Å². The molecule has 1 aromatic rings. The minimum atomic E-state index is -1.01. The third-order valence-electron chi connectivity index (χ3n) is 3.79. The van der Waals surface area contributed by atoms with Crippen molar-refractivity contribution < 1.29 is 18.9 Å². The molecule has 2 amide bonds. The van der Waals surface area contributed by atoms with Crippen molar-refractivity contribution in [3.63, 3.8) is 0 Å². The normalized spacial score (nSPS) is 11.9. The number of hydrogen-bond donors (Lipinski definition) is 1. The molecule has 0 unspecified atom stereocenters. The Morgan fingerprint density at radius 1 is 1.28 bits per heavy atom. The highest BCUT2D eigenvalue weighted by atomic mass is 19.1. The first-order chi connectivity index (χ1) is 11.7. The number of nitro benzene ring substituents is 1. The van der Waals surface area contributed by atoms with Gasteiger partial charge in [-0.1, -0.05) is 13.8 Å². The number of rotatable bonds is 8. The average molecular weight is 353 g/mol. The summed E-state index contributed by atoms with van der Waals surface area (Å²) in [5.41, 5.74) is -0.836. The van der Waals surface area contributed by atoms with Gasteiger partial charge in [-0.3, -0.25) is 19.7 Å². The highest BCUT2D eigenvalue weighted by Gasteiger charge is 2.26. The van der Waals surface area contributed by atoms with Crippen LogP contribution in [0, 0.1) is 21.8 Å². The van der Waals surface area contributed by atoms with Crippen LogP contribution in [0.5, 0.6) is 0 Å². The van der Waals surface area contributed by atoms with Crippen LogP contribution in [0.15, 0.2) is 18.2 Å². The van der Waals surface area contributed by atoms with E-state index in [-0.39, 0.29) is 17.4 Å². The molecule has 0 fully saturated rings. The monoisotopic (exact) mass is 353 g/mol. The number of amides is 2. The van der Waals surface area contributed by atoms with E-state index in [4.69, 9.17) is 0 Å². The predicted molar refractivity (Wildman–Crippen MR) is 91.7 cm³/mol. The molecular formula is C17H24FN3O4. The van der Waals surface area contributed by atoms with Crippen LogP contribution in [0.3, 0.4) is 0 Å². The molecule has 1 aromatic carbocycles. The van der Waals surface area contributed by atoms with Gasteiger partial charge in [-0.05, 0) is 38.3 Å². The molecule has 0 heterocycles. The Bertz CT molecular complexity index is 645. The lowest BCUT2D eigenvalue weighted by Crippen LogP contribution is -2.49. The second-order valence-electron chi connectivity index (χ2n) is 6.09. The fourth-order valence-corrected chi connectivity index (χ4v) is 2.48. The summed E-state index contributed by atoms with van der Waals surface area (Å²) in [7, 11) is 0. The van der Waals surface area contributed by atoms with E-state index in [0.717, 1.165) is 18.2 Å². The maximum Gasteiger partial charge on any atom is 0.305 e. The highest BCUT2D eigenvalue weighted by Crippen LogP contribution is 2.19. The van der Waals surface area contributed by atoms with Crippen molar-refractivity contribution in [2.45, 2.75) is 40.2 Å². The number of halogens is 1. The van der Waals surface area contributed by atoms with Crippen LogP contribution in [-0.4, -0.2) is 40.8 Å². The molecule has 1 rings (SSSR count). The summed E-state index contributed by atoms with van der Waals surface area (Å²) in [5, 5.41) is 13.4. The highest BCUT2D eigenvalue weighted by molar-refractivity contribution is 5.98. The number of nitrogens with one attached hydrogen (secondary N) is 1. The second kappa shape index (κ2) is 9.10. The number of nitrogens with zero attached hydrogens (tertiary/aromatic N) is 2. The quantitative estimate of drug-likeness (QED) is 0.574. The smallest absolute Gasteiger partial charge is 0.305 e. The number of nitro groups is 1. The first kappa shape index (κ1) is 20.5. The molecule has 138 valence electrons. The van der Waals surface area contributed by atoms with Crippen molar-refractivity contribution in [2.24, 2.45) is 5.92 Å². The van der Waals surface area contributed by atoms with Gasteiger partial charge in [0.1, 0.15) is 6.04 Å². The predicted octanol–water partition coefficient (Wildman–Crippen LogP) is 2.75. The third-order valence-corrected chi connectivity index (χ3v) is 3.79. The van der Waals surface area contributed by atoms with Gasteiger partial charge in [-0.15, -0.1) is 0 Å². The molecule has 1 N–H and O–H groups in total. The maximum absolute atomic E-state index is 13.4. The van der Waals surface area contributed by atoms with E-state index in [1.807, 2.05) is 27.7 Å². The molecule has 0 bridgehead atoms. The van der Waals surface area contributed by atoms with Crippen molar-refractivity contribution in [2.75, 3.05) is 13.1 Å². The van der Waals surface area contributed by atoms with Crippen molar-refractivity contribution >= 4 is 17.5 Å². The number of hydrogen-bond acceptors (Lipinski definition) is 4. The lowest BCUT2D eigenvalue weighted by Gasteiger charge is -2.27. The number of likely N-dealkylation sites (N-methyl/N-ethyl adjacent to an activating group) is 1. The van der Waals surface area contributed by atoms with Gasteiger partial charge >= 0.3 is 5.69 Å². The van der Waals surface area contributed by atoms with Crippen molar-refractivity contribution in [3.05, 3.63) is 39.7 Å². The first-order valence-electron chi connectivity index (χ1n) is 8.24. The van der Waals surface area contributed by atoms with E-state index < -0.39 is 28.4 Å². The van der Waals surface area contributed by atoms with Crippen molar-refractivity contribution in [1.82, 2.24) is 10.2 Å². The number of carbonyl (C=O) groups excluding carboxylic acids is 2. The molecule has 0 aliphatic heterocycles. The Labute approximate surface area is 146 Å². The minimum Gasteiger partial charge on any atom is -0.341 e. The van der Waals surface area contributed by atoms with Gasteiger partial charge in [0.25, 0.3) is 5.91 Å². The zero-order chi connectivity index (χ0) is 19.1. The topological polar surface area (TPSA) is 92.6 Å². The van der Waals surface area contributed by atoms with Gasteiger partial charge < -0.3 is 10.2 Å². The van der Waals surface area contributed by atoms with E-state index in [1.165, 1.54) is 0 Å². The molecule has 0 saturated heterocycles. The van der Waals surface area contributed by atoms with Gasteiger partial charge in [0.15, 0.2) is 0 Å². The van der Waals surface area contributed by atoms with Crippen LogP contribution >= 0.6 is 0 Å². The van der Waals surface area contributed by atoms with E-state index in [9.17, 15) is 24.1 Å². The average Bonchev–Trinajstić information content (AvgIpc) is 2.54. The Hall–Kier alpha value is -2.51. The molecule has 7 nitrogen and oxygen atoms in total. The fourth-order valence-electron chi connectivity index (χ4n) is 2.48. The summed E-state index contributed by atoms with van der Waals surface area (Å²) >= 11 is 0. The van der Waals surface area contributed by atoms with Crippen LogP contribution < -0.4 is 5.32 Å². The molecule has 8 heteroatoms. The summed E-state index contributed by atoms with van der Waals surface area (Å²) in [6, 6.07) is 2.17. The largest absolute Gasteiger partial charge is 0.341 e. The van der Waals surface area contributed by atoms with E-state index in [0.29, 0.717) is 19.5 Å². The summed E-state index contributed by atoms with van der Waals surface area (Å²) in [4.78, 5) is 36.5. The maximum atomic E-state index is 13.4. The van der Waals surface area contributed by atoms with Crippen molar-refractivity contribution in [1.29, 1.82) is 0 Å². The SMILES string of the molecule is CCN(CC)C(=O)[C@H](CC(C)C)NC(=O)c1ccc(F)c([N+](=O)[O-])c1. The first-order valence-corrected chi connectivity index (χ1v) is 8.24. The minimum absolute atomic E-state index is 0.0609. The lowest BCUT2D eigenvalue weighted by atomic mass is 10.0. The van der Waals surface area contributed by atoms with Gasteiger partial charge in [0, 0.05) is 24.7 Å². The molecule has 0 spiro atoms. The van der Waals surface area contributed by atoms with Gasteiger partial charge in [-0.25, -0.2) is 0 Å². The van der Waals surface area contributed by atoms with E-state index >= 15 is 0 Å². The Morgan fingerprint density at radius 3 is 2.36 bits per heavy atom. The molecule has 0 saturated carbocycles. The Morgan fingerprint density at radius 2 is 1.88 bits per heavy atom. The zero-order valence-electron chi connectivity index (χ0n) is 14.9. The molecule has 0 aromatic heterocycles. The molecule has 0 aliphatic rings. The van der Waals surface area contributed by atoms with Crippen LogP contribution in [0.25, 0.3) is 0 Å². The van der Waals surface area contributed by atoms with E-state index in [2.05, 4.69) is 5.32 Å². The number of carbonyl (C=O) groups is 2. The van der Waals surface area contributed by atoms with Crippen LogP contribution in [-0.2, 0) is 4.79 Å². The Balaban J connectivity index is 3.04. The molecular weight excluding hydrogens is 329 g/mol. The summed E-state index contributed by atoms with van der Waals surface area (Å²) in [5.74, 6) is -1.70. The molecule has 1 atom stereocenters. The second-order valence-corrected chi connectivity index (χ2v) is 6.09. The van der Waals surface area contributed by atoms with Crippen LogP contribution in [0.1, 0.15) is 44.5 Å². The molecule has 25 heavy (non-hydrogen) atoms. The fraction of sp³-hybridized carbons (Fsp3) is 0.529. The number of benzene rings is 1. The zero-order valence-corrected chi connectivity index (χ0v) is 14.9. The summed E-state index contributed by atoms with van der Waals surface area (Å²) in [6.07, 6.45) is 0.435.